The number of nitrogens with two attached hydrogens (primary N) is 1. The first kappa shape index (κ1) is 11.8. The van der Waals surface area contributed by atoms with Gasteiger partial charge in [0.15, 0.2) is 0 Å². The predicted octanol–water partition coefficient (Wildman–Crippen LogP) is 1.31. The van der Waals surface area contributed by atoms with E-state index in [0.29, 0.717) is 5.84 Å². The van der Waals surface area contributed by atoms with Gasteiger partial charge in [-0.25, -0.2) is 4.98 Å². The van der Waals surface area contributed by atoms with Gasteiger partial charge < -0.3 is 15.6 Å². The molecule has 0 saturated heterocycles. The fourth-order valence-corrected chi connectivity index (χ4v) is 2.47. The van der Waals surface area contributed by atoms with Crippen LogP contribution in [0, 0.1) is 0 Å². The van der Waals surface area contributed by atoms with Gasteiger partial charge in [0.1, 0.15) is 5.84 Å². The topological polar surface area (TPSA) is 70.3 Å². The average Bonchev–Trinajstić information content (AvgIpc) is 3.08. The number of aromatic amines is 1. The Morgan fingerprint density at radius 2 is 2.42 bits per heavy atom. The molecule has 0 aliphatic carbocycles. The minimum Gasteiger partial charge on any atom is -0.384 e. The quantitative estimate of drug-likeness (QED) is 0.641. The molecule has 2 heterocycles. The third kappa shape index (κ3) is 2.19. The summed E-state index contributed by atoms with van der Waals surface area (Å²) in [4.78, 5) is 13.6. The lowest BCUT2D eigenvalue weighted by atomic mass is 10.1. The highest BCUT2D eigenvalue weighted by atomic mass is 15.2. The number of hydrogen-bond acceptors (Lipinski definition) is 3. The second kappa shape index (κ2) is 4.76. The largest absolute Gasteiger partial charge is 0.384 e. The summed E-state index contributed by atoms with van der Waals surface area (Å²) in [6.07, 6.45) is 4.72. The van der Waals surface area contributed by atoms with Crippen molar-refractivity contribution in [2.45, 2.75) is 13.0 Å². The van der Waals surface area contributed by atoms with Crippen molar-refractivity contribution in [3.8, 4) is 0 Å². The number of imidazole rings is 1. The second-order valence-electron chi connectivity index (χ2n) is 4.68. The van der Waals surface area contributed by atoms with E-state index in [-0.39, 0.29) is 0 Å². The van der Waals surface area contributed by atoms with Gasteiger partial charge in [0.2, 0.25) is 0 Å². The molecule has 98 valence electrons. The van der Waals surface area contributed by atoms with Crippen LogP contribution in [0.2, 0.25) is 0 Å². The zero-order valence-corrected chi connectivity index (χ0v) is 10.9. The lowest BCUT2D eigenvalue weighted by Gasteiger charge is -2.18. The number of nitrogens with zero attached hydrogens (tertiary/aromatic N) is 3. The lowest BCUT2D eigenvalue weighted by molar-refractivity contribution is 0.819. The number of aliphatic imine (C=N–C) groups is 1. The Hall–Kier alpha value is -2.30. The molecule has 0 amide bonds. The summed E-state index contributed by atoms with van der Waals surface area (Å²) >= 11 is 0. The van der Waals surface area contributed by atoms with E-state index >= 15 is 0 Å². The van der Waals surface area contributed by atoms with E-state index in [1.165, 1.54) is 11.3 Å². The maximum atomic E-state index is 5.88. The van der Waals surface area contributed by atoms with Crippen LogP contribution < -0.4 is 10.6 Å². The Bertz CT molecular complexity index is 600. The molecule has 19 heavy (non-hydrogen) atoms. The number of fused-ring (bicyclic) bond motifs is 1. The molecular weight excluding hydrogens is 238 g/mol. The van der Waals surface area contributed by atoms with Crippen molar-refractivity contribution >= 4 is 11.5 Å². The Kier molecular flexibility index (Phi) is 2.95. The minimum absolute atomic E-state index is 0.578. The Morgan fingerprint density at radius 1 is 1.53 bits per heavy atom. The van der Waals surface area contributed by atoms with Crippen molar-refractivity contribution in [3.05, 3.63) is 47.5 Å². The van der Waals surface area contributed by atoms with Crippen molar-refractivity contribution in [1.82, 2.24) is 9.97 Å². The van der Waals surface area contributed by atoms with Gasteiger partial charge in [0.05, 0.1) is 18.6 Å². The number of amidine groups is 1. The fourth-order valence-electron chi connectivity index (χ4n) is 2.47. The summed E-state index contributed by atoms with van der Waals surface area (Å²) in [6.45, 7) is 1.85. The number of anilines is 1. The van der Waals surface area contributed by atoms with Crippen molar-refractivity contribution in [2.24, 2.45) is 10.7 Å². The third-order valence-corrected chi connectivity index (χ3v) is 3.52. The van der Waals surface area contributed by atoms with Crippen LogP contribution in [0.3, 0.4) is 0 Å². The Balaban J connectivity index is 1.90. The summed E-state index contributed by atoms with van der Waals surface area (Å²) in [5, 5.41) is 0. The van der Waals surface area contributed by atoms with E-state index in [9.17, 15) is 0 Å². The maximum absolute atomic E-state index is 5.88. The number of H-pyrrole nitrogens is 1. The summed E-state index contributed by atoms with van der Waals surface area (Å²) in [7, 11) is 1.71. The monoisotopic (exact) mass is 255 g/mol. The van der Waals surface area contributed by atoms with Gasteiger partial charge in [-0.1, -0.05) is 12.1 Å². The van der Waals surface area contributed by atoms with Crippen molar-refractivity contribution in [3.63, 3.8) is 0 Å². The van der Waals surface area contributed by atoms with Gasteiger partial charge in [-0.15, -0.1) is 0 Å². The Morgan fingerprint density at radius 3 is 3.16 bits per heavy atom. The van der Waals surface area contributed by atoms with Crippen LogP contribution >= 0.6 is 0 Å². The number of benzene rings is 1. The minimum atomic E-state index is 0.578. The molecule has 1 aliphatic rings. The molecule has 2 aromatic rings. The number of nitrogens with one attached hydrogen (secondary N) is 1. The first-order chi connectivity index (χ1) is 9.28. The van der Waals surface area contributed by atoms with Crippen molar-refractivity contribution in [1.29, 1.82) is 0 Å². The normalized spacial score (nSPS) is 14.8. The maximum Gasteiger partial charge on any atom is 0.125 e. The molecule has 5 nitrogen and oxygen atoms in total. The second-order valence-corrected chi connectivity index (χ2v) is 4.68. The van der Waals surface area contributed by atoms with E-state index in [0.717, 1.165) is 30.8 Å². The molecule has 0 unspecified atom stereocenters. The van der Waals surface area contributed by atoms with Crippen LogP contribution in [0.25, 0.3) is 0 Å². The van der Waals surface area contributed by atoms with Gasteiger partial charge >= 0.3 is 0 Å². The molecular formula is C14H17N5. The first-order valence-corrected chi connectivity index (χ1v) is 6.36. The van der Waals surface area contributed by atoms with E-state index in [4.69, 9.17) is 5.73 Å². The summed E-state index contributed by atoms with van der Waals surface area (Å²) in [5.74, 6) is 0.578. The van der Waals surface area contributed by atoms with Crippen LogP contribution in [-0.4, -0.2) is 29.4 Å². The zero-order chi connectivity index (χ0) is 13.2. The van der Waals surface area contributed by atoms with Crippen LogP contribution in [0.15, 0.2) is 35.7 Å². The molecule has 0 spiro atoms. The SMILES string of the molecule is C/N=C(/N)c1ccc2c(c1)N(Cc1c[nH]cn1)CC2. The molecule has 3 N–H and O–H groups in total. The molecule has 0 bridgehead atoms. The molecule has 1 aliphatic heterocycles. The van der Waals surface area contributed by atoms with Crippen LogP contribution in [-0.2, 0) is 13.0 Å². The number of hydrogen-bond donors (Lipinski definition) is 2. The van der Waals surface area contributed by atoms with E-state index in [1.807, 2.05) is 12.3 Å². The van der Waals surface area contributed by atoms with E-state index in [2.05, 4.69) is 32.0 Å². The molecule has 0 saturated carbocycles. The van der Waals surface area contributed by atoms with Crippen LogP contribution in [0.5, 0.6) is 0 Å². The summed E-state index contributed by atoms with van der Waals surface area (Å²) in [6, 6.07) is 6.31. The number of aromatic nitrogens is 2. The van der Waals surface area contributed by atoms with Gasteiger partial charge in [-0.3, -0.25) is 4.99 Å². The van der Waals surface area contributed by atoms with E-state index in [1.54, 1.807) is 13.4 Å². The fraction of sp³-hybridized carbons (Fsp3) is 0.286. The molecule has 0 atom stereocenters. The van der Waals surface area contributed by atoms with E-state index < -0.39 is 0 Å². The molecule has 1 aromatic heterocycles. The number of rotatable bonds is 3. The van der Waals surface area contributed by atoms with Gasteiger partial charge in [-0.2, -0.15) is 0 Å². The van der Waals surface area contributed by atoms with Crippen molar-refractivity contribution < 1.29 is 0 Å². The highest BCUT2D eigenvalue weighted by Gasteiger charge is 2.20. The average molecular weight is 255 g/mol. The molecule has 3 rings (SSSR count). The summed E-state index contributed by atoms with van der Waals surface area (Å²) < 4.78 is 0. The molecule has 1 aromatic carbocycles. The van der Waals surface area contributed by atoms with Gasteiger partial charge in [-0.05, 0) is 18.1 Å². The molecule has 5 heteroatoms. The van der Waals surface area contributed by atoms with Crippen molar-refractivity contribution in [2.75, 3.05) is 18.5 Å². The van der Waals surface area contributed by atoms with Gasteiger partial charge in [0, 0.05) is 31.0 Å². The van der Waals surface area contributed by atoms with Gasteiger partial charge in [0.25, 0.3) is 0 Å². The highest BCUT2D eigenvalue weighted by Crippen LogP contribution is 2.30. The highest BCUT2D eigenvalue weighted by molar-refractivity contribution is 5.98. The van der Waals surface area contributed by atoms with Crippen LogP contribution in [0.4, 0.5) is 5.69 Å². The summed E-state index contributed by atoms with van der Waals surface area (Å²) in [5.41, 5.74) is 10.5. The molecule has 0 radical (unpaired) electrons. The molecule has 0 fully saturated rings. The third-order valence-electron chi connectivity index (χ3n) is 3.52. The predicted molar refractivity (Wildman–Crippen MR) is 76.4 cm³/mol. The Labute approximate surface area is 112 Å². The first-order valence-electron chi connectivity index (χ1n) is 6.36. The smallest absolute Gasteiger partial charge is 0.125 e. The standard InChI is InChI=1S/C14H17N5/c1-16-14(15)11-3-2-10-4-5-19(13(10)6-11)8-12-7-17-9-18-12/h2-3,6-7,9H,4-5,8H2,1H3,(H2,15,16)(H,17,18). The zero-order valence-electron chi connectivity index (χ0n) is 10.9. The lowest BCUT2D eigenvalue weighted by Crippen LogP contribution is -2.20. The van der Waals surface area contributed by atoms with Crippen LogP contribution in [0.1, 0.15) is 16.8 Å².